The molecule has 0 aromatic heterocycles. The lowest BCUT2D eigenvalue weighted by molar-refractivity contribution is 0.579. The fraction of sp³-hybridized carbons (Fsp3) is 0.600. The van der Waals surface area contributed by atoms with Crippen molar-refractivity contribution >= 4 is 25.8 Å². The number of sulfone groups is 1. The summed E-state index contributed by atoms with van der Waals surface area (Å²) in [5.41, 5.74) is 3.99. The largest absolute Gasteiger partial charge is 0.229 e. The maximum Gasteiger partial charge on any atom is 0.150 e. The van der Waals surface area contributed by atoms with Gasteiger partial charge in [0.05, 0.1) is 11.5 Å². The van der Waals surface area contributed by atoms with Crippen molar-refractivity contribution in [1.82, 2.24) is 0 Å². The molecule has 19 heavy (non-hydrogen) atoms. The minimum atomic E-state index is -2.81. The van der Waals surface area contributed by atoms with Crippen LogP contribution in [0.3, 0.4) is 0 Å². The molecular formula is C15H21BrO2S. The van der Waals surface area contributed by atoms with E-state index in [1.54, 1.807) is 0 Å². The van der Waals surface area contributed by atoms with Gasteiger partial charge in [0.1, 0.15) is 0 Å². The van der Waals surface area contributed by atoms with E-state index in [4.69, 9.17) is 0 Å². The Kier molecular flexibility index (Phi) is 4.72. The number of hydrogen-bond donors (Lipinski definition) is 0. The fourth-order valence-electron chi connectivity index (χ4n) is 2.82. The third-order valence-corrected chi connectivity index (χ3v) is 7.06. The summed E-state index contributed by atoms with van der Waals surface area (Å²) < 4.78 is 23.2. The van der Waals surface area contributed by atoms with Gasteiger partial charge in [0.2, 0.25) is 0 Å². The minimum absolute atomic E-state index is 0.154. The van der Waals surface area contributed by atoms with Gasteiger partial charge in [-0.1, -0.05) is 48.0 Å². The summed E-state index contributed by atoms with van der Waals surface area (Å²) in [6, 6.07) is 6.57. The lowest BCUT2D eigenvalue weighted by Gasteiger charge is -2.18. The Labute approximate surface area is 124 Å². The highest BCUT2D eigenvalue weighted by molar-refractivity contribution is 9.09. The van der Waals surface area contributed by atoms with E-state index in [2.05, 4.69) is 48.0 Å². The minimum Gasteiger partial charge on any atom is -0.229 e. The van der Waals surface area contributed by atoms with E-state index in [0.29, 0.717) is 11.5 Å². The Morgan fingerprint density at radius 3 is 2.47 bits per heavy atom. The summed E-state index contributed by atoms with van der Waals surface area (Å²) in [5, 5.41) is 0. The van der Waals surface area contributed by atoms with Gasteiger partial charge in [-0.25, -0.2) is 8.42 Å². The van der Waals surface area contributed by atoms with Crippen LogP contribution in [0.1, 0.15) is 41.8 Å². The first-order valence-corrected chi connectivity index (χ1v) is 9.66. The van der Waals surface area contributed by atoms with Crippen molar-refractivity contribution in [3.63, 3.8) is 0 Å². The summed E-state index contributed by atoms with van der Waals surface area (Å²) in [7, 11) is -2.81. The third kappa shape index (κ3) is 3.40. The molecule has 1 aromatic rings. The van der Waals surface area contributed by atoms with Crippen molar-refractivity contribution in [3.05, 3.63) is 34.9 Å². The molecule has 2 atom stereocenters. The van der Waals surface area contributed by atoms with E-state index in [9.17, 15) is 8.42 Å². The molecule has 2 rings (SSSR count). The van der Waals surface area contributed by atoms with Crippen LogP contribution in [-0.2, 0) is 22.7 Å². The zero-order valence-corrected chi connectivity index (χ0v) is 13.9. The van der Waals surface area contributed by atoms with Crippen LogP contribution in [-0.4, -0.2) is 19.9 Å². The number of alkyl halides is 1. The second-order valence-electron chi connectivity index (χ2n) is 5.30. The van der Waals surface area contributed by atoms with Gasteiger partial charge in [-0.3, -0.25) is 0 Å². The van der Waals surface area contributed by atoms with E-state index in [1.165, 1.54) is 16.7 Å². The predicted octanol–water partition coefficient (Wildman–Crippen LogP) is 3.68. The van der Waals surface area contributed by atoms with Gasteiger partial charge in [0.25, 0.3) is 0 Å². The molecule has 1 heterocycles. The Bertz CT molecular complexity index is 551. The molecule has 1 aliphatic heterocycles. The zero-order valence-electron chi connectivity index (χ0n) is 11.5. The maximum atomic E-state index is 11.6. The van der Waals surface area contributed by atoms with E-state index < -0.39 is 9.84 Å². The molecule has 1 fully saturated rings. The summed E-state index contributed by atoms with van der Waals surface area (Å²) in [4.78, 5) is 0.154. The van der Waals surface area contributed by atoms with Crippen LogP contribution < -0.4 is 0 Å². The number of hydrogen-bond acceptors (Lipinski definition) is 2. The highest BCUT2D eigenvalue weighted by Crippen LogP contribution is 2.38. The monoisotopic (exact) mass is 344 g/mol. The molecule has 106 valence electrons. The molecule has 1 aromatic carbocycles. The molecule has 0 bridgehead atoms. The highest BCUT2D eigenvalue weighted by Gasteiger charge is 2.33. The molecule has 0 saturated carbocycles. The van der Waals surface area contributed by atoms with Crippen molar-refractivity contribution in [2.24, 2.45) is 5.92 Å². The molecule has 1 saturated heterocycles. The van der Waals surface area contributed by atoms with Gasteiger partial charge in [0, 0.05) is 4.83 Å². The second-order valence-corrected chi connectivity index (χ2v) is 8.52. The molecule has 0 amide bonds. The van der Waals surface area contributed by atoms with Gasteiger partial charge in [-0.15, -0.1) is 0 Å². The Hall–Kier alpha value is -0.350. The molecule has 0 N–H and O–H groups in total. The SMILES string of the molecule is CCc1ccc(C(Br)C2CCS(=O)(=O)C2)cc1CC. The van der Waals surface area contributed by atoms with Crippen molar-refractivity contribution < 1.29 is 8.42 Å². The van der Waals surface area contributed by atoms with Crippen molar-refractivity contribution in [2.45, 2.75) is 37.9 Å². The van der Waals surface area contributed by atoms with Crippen LogP contribution >= 0.6 is 15.9 Å². The first kappa shape index (κ1) is 15.0. The quantitative estimate of drug-likeness (QED) is 0.780. The molecule has 1 aliphatic rings. The van der Waals surface area contributed by atoms with Crippen molar-refractivity contribution in [1.29, 1.82) is 0 Å². The number of halogens is 1. The summed E-state index contributed by atoms with van der Waals surface area (Å²) >= 11 is 3.71. The summed E-state index contributed by atoms with van der Waals surface area (Å²) in [6.07, 6.45) is 2.85. The molecule has 0 spiro atoms. The number of aryl methyl sites for hydroxylation is 2. The summed E-state index contributed by atoms with van der Waals surface area (Å²) in [6.45, 7) is 4.34. The normalized spacial score (nSPS) is 23.4. The Morgan fingerprint density at radius 2 is 1.95 bits per heavy atom. The van der Waals surface area contributed by atoms with Gasteiger partial charge in [0.15, 0.2) is 9.84 Å². The summed E-state index contributed by atoms with van der Waals surface area (Å²) in [5.74, 6) is 0.870. The van der Waals surface area contributed by atoms with Gasteiger partial charge in [-0.05, 0) is 41.9 Å². The maximum absolute atomic E-state index is 11.6. The van der Waals surface area contributed by atoms with Gasteiger partial charge in [-0.2, -0.15) is 0 Å². The molecule has 2 unspecified atom stereocenters. The van der Waals surface area contributed by atoms with Crippen LogP contribution in [0, 0.1) is 5.92 Å². The zero-order chi connectivity index (χ0) is 14.0. The smallest absolute Gasteiger partial charge is 0.150 e. The average Bonchev–Trinajstić information content (AvgIpc) is 2.77. The Morgan fingerprint density at radius 1 is 1.26 bits per heavy atom. The number of benzene rings is 1. The van der Waals surface area contributed by atoms with E-state index in [1.807, 2.05) is 0 Å². The van der Waals surface area contributed by atoms with Crippen LogP contribution in [0.5, 0.6) is 0 Å². The fourth-order valence-corrected chi connectivity index (χ4v) is 5.64. The first-order valence-electron chi connectivity index (χ1n) is 6.93. The van der Waals surface area contributed by atoms with Gasteiger partial charge >= 0.3 is 0 Å². The van der Waals surface area contributed by atoms with E-state index in [0.717, 1.165) is 19.3 Å². The molecular weight excluding hydrogens is 324 g/mol. The topological polar surface area (TPSA) is 34.1 Å². The van der Waals surface area contributed by atoms with E-state index >= 15 is 0 Å². The lowest BCUT2D eigenvalue weighted by atomic mass is 9.94. The molecule has 0 radical (unpaired) electrons. The number of rotatable bonds is 4. The molecule has 0 aliphatic carbocycles. The standard InChI is InChI=1S/C15H21BrO2S/c1-3-11-5-6-13(9-12(11)4-2)15(16)14-7-8-19(17,18)10-14/h5-6,9,14-15H,3-4,7-8,10H2,1-2H3. The predicted molar refractivity (Wildman–Crippen MR) is 83.6 cm³/mol. The van der Waals surface area contributed by atoms with Crippen LogP contribution in [0.25, 0.3) is 0 Å². The van der Waals surface area contributed by atoms with Crippen molar-refractivity contribution in [3.8, 4) is 0 Å². The molecule has 2 nitrogen and oxygen atoms in total. The van der Waals surface area contributed by atoms with Crippen LogP contribution in [0.15, 0.2) is 18.2 Å². The third-order valence-electron chi connectivity index (χ3n) is 3.99. The second kappa shape index (κ2) is 5.96. The molecule has 4 heteroatoms. The average molecular weight is 345 g/mol. The lowest BCUT2D eigenvalue weighted by Crippen LogP contribution is -2.10. The van der Waals surface area contributed by atoms with Gasteiger partial charge < -0.3 is 0 Å². The Balaban J connectivity index is 2.22. The van der Waals surface area contributed by atoms with Crippen LogP contribution in [0.2, 0.25) is 0 Å². The van der Waals surface area contributed by atoms with Crippen LogP contribution in [0.4, 0.5) is 0 Å². The first-order chi connectivity index (χ1) is 8.96. The highest BCUT2D eigenvalue weighted by atomic mass is 79.9. The van der Waals surface area contributed by atoms with Crippen molar-refractivity contribution in [2.75, 3.05) is 11.5 Å². The van der Waals surface area contributed by atoms with E-state index in [-0.39, 0.29) is 10.7 Å².